The summed E-state index contributed by atoms with van der Waals surface area (Å²) in [6, 6.07) is 14.1. The number of amides is 3. The lowest BCUT2D eigenvalue weighted by Crippen LogP contribution is -2.33. The highest BCUT2D eigenvalue weighted by Gasteiger charge is 2.14. The molecule has 0 bridgehead atoms. The predicted octanol–water partition coefficient (Wildman–Crippen LogP) is 3.24. The molecule has 0 unspecified atom stereocenters. The molecule has 0 spiro atoms. The number of fused-ring (bicyclic) bond motifs is 2. The lowest BCUT2D eigenvalue weighted by Gasteiger charge is -2.08. The maximum absolute atomic E-state index is 13.0. The van der Waals surface area contributed by atoms with Crippen LogP contribution in [0.4, 0.5) is 5.69 Å². The lowest BCUT2D eigenvalue weighted by atomic mass is 10.1. The summed E-state index contributed by atoms with van der Waals surface area (Å²) < 4.78 is 0. The topological polar surface area (TPSA) is 168 Å². The number of anilines is 1. The molecule has 2 aromatic carbocycles. The Balaban J connectivity index is 1.34. The number of thioether (sulfide) groups is 2. The molecule has 0 saturated carbocycles. The van der Waals surface area contributed by atoms with Crippen LogP contribution in [0.1, 0.15) is 31.3 Å². The molecule has 0 saturated heterocycles. The number of nitrogens with zero attached hydrogens (tertiary/aromatic N) is 2. The van der Waals surface area contributed by atoms with E-state index in [2.05, 4.69) is 46.5 Å². The molecule has 0 aliphatic carbocycles. The summed E-state index contributed by atoms with van der Waals surface area (Å²) in [6.45, 7) is 2.01. The van der Waals surface area contributed by atoms with Crippen molar-refractivity contribution in [3.63, 3.8) is 0 Å². The third-order valence-corrected chi connectivity index (χ3v) is 7.84. The number of hydrogen-bond donors (Lipinski definition) is 7. The zero-order valence-corrected chi connectivity index (χ0v) is 26.0. The average molecular weight is 622 g/mol. The van der Waals surface area contributed by atoms with E-state index in [0.717, 1.165) is 32.1 Å². The molecule has 2 heterocycles. The summed E-state index contributed by atoms with van der Waals surface area (Å²) in [6.07, 6.45) is 3.86. The number of hydrogen-bond acceptors (Lipinski definition) is 7. The zero-order chi connectivity index (χ0) is 30.8. The molecule has 0 aliphatic heterocycles. The summed E-state index contributed by atoms with van der Waals surface area (Å²) in [5, 5.41) is 18.1. The first kappa shape index (κ1) is 31.5. The van der Waals surface area contributed by atoms with Crippen molar-refractivity contribution < 1.29 is 14.4 Å². The van der Waals surface area contributed by atoms with Crippen molar-refractivity contribution in [1.29, 1.82) is 0 Å². The Hall–Kier alpha value is -4.43. The second kappa shape index (κ2) is 15.2. The minimum absolute atomic E-state index is 0.199. The molecule has 12 nitrogen and oxygen atoms in total. The maximum Gasteiger partial charge on any atom is 0.272 e. The number of aliphatic imine (C=N–C) groups is 2. The molecule has 7 N–H and O–H groups in total. The number of aromatic nitrogens is 2. The van der Waals surface area contributed by atoms with Crippen molar-refractivity contribution in [2.75, 3.05) is 58.1 Å². The van der Waals surface area contributed by atoms with E-state index in [9.17, 15) is 14.4 Å². The number of carbonyl (C=O) groups excluding carboxylic acids is 3. The smallest absolute Gasteiger partial charge is 0.272 e. The third-order valence-electron chi connectivity index (χ3n) is 6.42. The van der Waals surface area contributed by atoms with Crippen molar-refractivity contribution in [2.24, 2.45) is 9.98 Å². The number of H-pyrrole nitrogens is 2. The van der Waals surface area contributed by atoms with Gasteiger partial charge in [0, 0.05) is 73.3 Å². The Morgan fingerprint density at radius 2 is 1.16 bits per heavy atom. The summed E-state index contributed by atoms with van der Waals surface area (Å²) in [7, 11) is 3.42. The second-order valence-electron chi connectivity index (χ2n) is 9.26. The van der Waals surface area contributed by atoms with Crippen LogP contribution in [0.25, 0.3) is 21.8 Å². The molecule has 0 fully saturated rings. The number of carbonyl (C=O) groups is 3. The van der Waals surface area contributed by atoms with Crippen LogP contribution in [-0.2, 0) is 0 Å². The van der Waals surface area contributed by atoms with Crippen LogP contribution in [-0.4, -0.2) is 90.8 Å². The number of benzene rings is 2. The van der Waals surface area contributed by atoms with Gasteiger partial charge in [0.1, 0.15) is 11.4 Å². The number of rotatable bonds is 10. The summed E-state index contributed by atoms with van der Waals surface area (Å²) in [5.41, 5.74) is 3.40. The molecule has 14 heteroatoms. The van der Waals surface area contributed by atoms with Gasteiger partial charge in [0.25, 0.3) is 17.7 Å². The first-order valence-corrected chi connectivity index (χ1v) is 15.9. The van der Waals surface area contributed by atoms with Crippen LogP contribution < -0.4 is 26.6 Å². The fourth-order valence-corrected chi connectivity index (χ4v) is 5.16. The van der Waals surface area contributed by atoms with E-state index < -0.39 is 0 Å². The van der Waals surface area contributed by atoms with Gasteiger partial charge in [-0.15, -0.1) is 0 Å². The first-order chi connectivity index (χ1) is 20.8. The van der Waals surface area contributed by atoms with Crippen LogP contribution in [0.2, 0.25) is 0 Å². The molecule has 4 aromatic rings. The summed E-state index contributed by atoms with van der Waals surface area (Å²) >= 11 is 3.01. The van der Waals surface area contributed by atoms with Gasteiger partial charge in [-0.05, 0) is 61.0 Å². The van der Waals surface area contributed by atoms with Gasteiger partial charge < -0.3 is 36.6 Å². The van der Waals surface area contributed by atoms with E-state index in [-0.39, 0.29) is 17.7 Å². The molecule has 2 aromatic heterocycles. The zero-order valence-electron chi connectivity index (χ0n) is 24.4. The summed E-state index contributed by atoms with van der Waals surface area (Å²) in [4.78, 5) is 52.7. The highest BCUT2D eigenvalue weighted by Crippen LogP contribution is 2.22. The van der Waals surface area contributed by atoms with Gasteiger partial charge in [0.2, 0.25) is 0 Å². The average Bonchev–Trinajstić information content (AvgIpc) is 3.65. The van der Waals surface area contributed by atoms with Crippen molar-refractivity contribution >= 4 is 79.1 Å². The minimum atomic E-state index is -0.323. The number of aromatic amines is 2. The van der Waals surface area contributed by atoms with Crippen LogP contribution in [0.5, 0.6) is 0 Å². The van der Waals surface area contributed by atoms with Crippen LogP contribution in [0.15, 0.2) is 58.5 Å². The second-order valence-corrected chi connectivity index (χ2v) is 10.8. The largest absolute Gasteiger partial charge is 0.363 e. The Kier molecular flexibility index (Phi) is 11.1. The van der Waals surface area contributed by atoms with E-state index in [1.165, 1.54) is 23.5 Å². The van der Waals surface area contributed by atoms with Crippen LogP contribution in [0, 0.1) is 0 Å². The Labute approximate surface area is 257 Å². The van der Waals surface area contributed by atoms with Crippen molar-refractivity contribution in [3.8, 4) is 0 Å². The van der Waals surface area contributed by atoms with E-state index in [0.29, 0.717) is 48.8 Å². The van der Waals surface area contributed by atoms with E-state index in [4.69, 9.17) is 0 Å². The van der Waals surface area contributed by atoms with Gasteiger partial charge in [-0.3, -0.25) is 24.4 Å². The molecule has 0 atom stereocenters. The highest BCUT2D eigenvalue weighted by atomic mass is 32.2. The molecule has 3 amide bonds. The molecule has 226 valence electrons. The Morgan fingerprint density at radius 3 is 1.74 bits per heavy atom. The van der Waals surface area contributed by atoms with Crippen molar-refractivity contribution in [2.45, 2.75) is 0 Å². The molecule has 43 heavy (non-hydrogen) atoms. The quantitative estimate of drug-likeness (QED) is 0.0811. The normalized spacial score (nSPS) is 11.9. The van der Waals surface area contributed by atoms with Crippen molar-refractivity contribution in [3.05, 3.63) is 65.5 Å². The van der Waals surface area contributed by atoms with Gasteiger partial charge >= 0.3 is 0 Å². The maximum atomic E-state index is 13.0. The molecule has 4 rings (SSSR count). The van der Waals surface area contributed by atoms with Crippen molar-refractivity contribution in [1.82, 2.24) is 31.2 Å². The monoisotopic (exact) mass is 621 g/mol. The molecule has 0 radical (unpaired) electrons. The van der Waals surface area contributed by atoms with Gasteiger partial charge in [-0.2, -0.15) is 0 Å². The summed E-state index contributed by atoms with van der Waals surface area (Å²) in [5.74, 6) is -0.743. The number of amidine groups is 2. The number of nitrogens with one attached hydrogen (secondary N) is 7. The van der Waals surface area contributed by atoms with E-state index >= 15 is 0 Å². The minimum Gasteiger partial charge on any atom is -0.363 e. The highest BCUT2D eigenvalue weighted by molar-refractivity contribution is 8.13. The Morgan fingerprint density at radius 1 is 0.651 bits per heavy atom. The van der Waals surface area contributed by atoms with E-state index in [1.807, 2.05) is 18.6 Å². The van der Waals surface area contributed by atoms with Gasteiger partial charge in [0.15, 0.2) is 10.3 Å². The fraction of sp³-hybridized carbons (Fsp3) is 0.276. The predicted molar refractivity (Wildman–Crippen MR) is 179 cm³/mol. The lowest BCUT2D eigenvalue weighted by molar-refractivity contribution is 0.0944. The Bertz CT molecular complexity index is 1680. The van der Waals surface area contributed by atoms with Gasteiger partial charge in [-0.1, -0.05) is 23.5 Å². The van der Waals surface area contributed by atoms with Gasteiger partial charge in [0.05, 0.1) is 0 Å². The molecule has 0 aliphatic rings. The van der Waals surface area contributed by atoms with Crippen LogP contribution in [0.3, 0.4) is 0 Å². The first-order valence-electron chi connectivity index (χ1n) is 13.5. The van der Waals surface area contributed by atoms with Gasteiger partial charge in [-0.25, -0.2) is 0 Å². The third kappa shape index (κ3) is 8.32. The SMILES string of the molecule is CN=C(NCCNC(=O)c1ccc2[nH]c(C(=O)Nc3ccc4[nH]c(C(=O)NCCNC(=NC)SC)cc4c3)cc2c1)SC. The molecular weight excluding hydrogens is 587 g/mol. The van der Waals surface area contributed by atoms with Crippen LogP contribution >= 0.6 is 23.5 Å². The fourth-order valence-electron chi connectivity index (χ4n) is 4.30. The molecular formula is C29H35N9O3S2. The standard InChI is InChI=1S/C29H35N9O3S2/c1-30-28(42-3)34-11-9-32-25(39)17-5-7-21-18(13-17)15-24(38-21)27(41)36-20-6-8-22-19(14-20)16-23(37-22)26(40)33-10-12-35-29(31-2)43-4/h5-8,13-16,37-38H,9-12H2,1-4H3,(H,30,34)(H,31,35)(H,32,39)(H,33,40)(H,36,41). The van der Waals surface area contributed by atoms with E-state index in [1.54, 1.807) is 56.6 Å².